The van der Waals surface area contributed by atoms with E-state index in [0.29, 0.717) is 11.5 Å². The Kier molecular flexibility index (Phi) is 6.41. The third-order valence-electron chi connectivity index (χ3n) is 4.05. The molecule has 0 spiro atoms. The first-order valence-corrected chi connectivity index (χ1v) is 8.12. The monoisotopic (exact) mass is 338 g/mol. The predicted octanol–water partition coefficient (Wildman–Crippen LogP) is 3.59. The molecule has 0 aliphatic rings. The van der Waals surface area contributed by atoms with Crippen LogP contribution in [0.2, 0.25) is 0 Å². The maximum atomic E-state index is 12.5. The molecule has 25 heavy (non-hydrogen) atoms. The first-order chi connectivity index (χ1) is 12.1. The van der Waals surface area contributed by atoms with Crippen LogP contribution < -0.4 is 14.8 Å². The van der Waals surface area contributed by atoms with Gasteiger partial charge in [-0.1, -0.05) is 31.2 Å². The normalized spacial score (nSPS) is 11.3. The number of para-hydroxylation sites is 1. The van der Waals surface area contributed by atoms with Crippen molar-refractivity contribution in [3.05, 3.63) is 53.6 Å². The molecule has 0 fully saturated rings. The second-order valence-electron chi connectivity index (χ2n) is 5.56. The summed E-state index contributed by atoms with van der Waals surface area (Å²) in [5.74, 6) is 0.130. The van der Waals surface area contributed by atoms with Crippen molar-refractivity contribution < 1.29 is 14.3 Å². The quantitative estimate of drug-likeness (QED) is 0.837. The molecule has 2 aromatic rings. The fourth-order valence-corrected chi connectivity index (χ4v) is 2.61. The van der Waals surface area contributed by atoms with E-state index in [4.69, 9.17) is 9.47 Å². The van der Waals surface area contributed by atoms with E-state index in [1.54, 1.807) is 26.4 Å². The highest BCUT2D eigenvalue weighted by Crippen LogP contribution is 2.27. The fourth-order valence-electron chi connectivity index (χ4n) is 2.61. The summed E-state index contributed by atoms with van der Waals surface area (Å²) in [5, 5.41) is 12.3. The SMILES string of the molecule is CCc1ccccc1NC(=O)[C@@H](C#N)Cc1ccc(OC)cc1OC. The number of carbonyl (C=O) groups excluding carboxylic acids is 1. The summed E-state index contributed by atoms with van der Waals surface area (Å²) in [6.45, 7) is 2.02. The van der Waals surface area contributed by atoms with Gasteiger partial charge in [-0.25, -0.2) is 0 Å². The zero-order valence-electron chi connectivity index (χ0n) is 14.7. The Morgan fingerprint density at radius 3 is 2.56 bits per heavy atom. The first kappa shape index (κ1) is 18.3. The Morgan fingerprint density at radius 2 is 1.92 bits per heavy atom. The highest BCUT2D eigenvalue weighted by molar-refractivity contribution is 5.95. The van der Waals surface area contributed by atoms with E-state index in [1.807, 2.05) is 37.3 Å². The number of nitrogens with zero attached hydrogens (tertiary/aromatic N) is 1. The van der Waals surface area contributed by atoms with Crippen LogP contribution in [0, 0.1) is 17.2 Å². The van der Waals surface area contributed by atoms with Crippen LogP contribution in [0.25, 0.3) is 0 Å². The topological polar surface area (TPSA) is 71.4 Å². The van der Waals surface area contributed by atoms with Crippen LogP contribution in [-0.4, -0.2) is 20.1 Å². The van der Waals surface area contributed by atoms with Gasteiger partial charge in [0.25, 0.3) is 0 Å². The number of carbonyl (C=O) groups is 1. The lowest BCUT2D eigenvalue weighted by Crippen LogP contribution is -2.24. The van der Waals surface area contributed by atoms with E-state index in [2.05, 4.69) is 11.4 Å². The number of nitrogens with one attached hydrogen (secondary N) is 1. The molecule has 5 nitrogen and oxygen atoms in total. The molecule has 130 valence electrons. The second kappa shape index (κ2) is 8.74. The van der Waals surface area contributed by atoms with Crippen LogP contribution >= 0.6 is 0 Å². The van der Waals surface area contributed by atoms with Gasteiger partial charge in [-0.2, -0.15) is 5.26 Å². The van der Waals surface area contributed by atoms with E-state index in [-0.39, 0.29) is 12.3 Å². The molecular weight excluding hydrogens is 316 g/mol. The molecule has 0 saturated heterocycles. The summed E-state index contributed by atoms with van der Waals surface area (Å²) in [7, 11) is 3.13. The number of aryl methyl sites for hydroxylation is 1. The van der Waals surface area contributed by atoms with Crippen LogP contribution in [0.5, 0.6) is 11.5 Å². The maximum absolute atomic E-state index is 12.5. The van der Waals surface area contributed by atoms with Gasteiger partial charge in [0.2, 0.25) is 5.91 Å². The van der Waals surface area contributed by atoms with Crippen LogP contribution in [-0.2, 0) is 17.6 Å². The lowest BCUT2D eigenvalue weighted by Gasteiger charge is -2.15. The van der Waals surface area contributed by atoms with Gasteiger partial charge in [0.05, 0.1) is 20.3 Å². The van der Waals surface area contributed by atoms with E-state index in [0.717, 1.165) is 23.2 Å². The summed E-state index contributed by atoms with van der Waals surface area (Å²) >= 11 is 0. The number of anilines is 1. The zero-order chi connectivity index (χ0) is 18.2. The van der Waals surface area contributed by atoms with Crippen LogP contribution in [0.15, 0.2) is 42.5 Å². The third-order valence-corrected chi connectivity index (χ3v) is 4.05. The molecule has 1 atom stereocenters. The molecule has 5 heteroatoms. The third kappa shape index (κ3) is 4.51. The molecule has 0 saturated carbocycles. The van der Waals surface area contributed by atoms with Gasteiger partial charge in [-0.15, -0.1) is 0 Å². The van der Waals surface area contributed by atoms with Crippen molar-refractivity contribution in [2.75, 3.05) is 19.5 Å². The van der Waals surface area contributed by atoms with Crippen molar-refractivity contribution >= 4 is 11.6 Å². The minimum atomic E-state index is -0.813. The van der Waals surface area contributed by atoms with Crippen molar-refractivity contribution in [1.82, 2.24) is 0 Å². The Bertz CT molecular complexity index is 781. The van der Waals surface area contributed by atoms with Crippen LogP contribution in [0.1, 0.15) is 18.1 Å². The van der Waals surface area contributed by atoms with Gasteiger partial charge in [0.1, 0.15) is 17.4 Å². The minimum absolute atomic E-state index is 0.268. The van der Waals surface area contributed by atoms with Crippen LogP contribution in [0.3, 0.4) is 0 Å². The molecule has 0 aliphatic heterocycles. The summed E-state index contributed by atoms with van der Waals surface area (Å²) in [6, 6.07) is 15.0. The predicted molar refractivity (Wildman–Crippen MR) is 96.8 cm³/mol. The first-order valence-electron chi connectivity index (χ1n) is 8.12. The Balaban J connectivity index is 2.17. The number of amides is 1. The van der Waals surface area contributed by atoms with Gasteiger partial charge in [0.15, 0.2) is 0 Å². The zero-order valence-corrected chi connectivity index (χ0v) is 14.7. The number of nitriles is 1. The lowest BCUT2D eigenvalue weighted by atomic mass is 9.98. The lowest BCUT2D eigenvalue weighted by molar-refractivity contribution is -0.118. The molecule has 2 rings (SSSR count). The summed E-state index contributed by atoms with van der Waals surface area (Å²) in [4.78, 5) is 12.5. The molecular formula is C20H22N2O3. The molecule has 0 unspecified atom stereocenters. The van der Waals surface area contributed by atoms with Crippen molar-refractivity contribution in [2.45, 2.75) is 19.8 Å². The highest BCUT2D eigenvalue weighted by atomic mass is 16.5. The van der Waals surface area contributed by atoms with Gasteiger partial charge in [0, 0.05) is 18.2 Å². The van der Waals surface area contributed by atoms with Crippen molar-refractivity contribution in [3.63, 3.8) is 0 Å². The molecule has 0 aromatic heterocycles. The average Bonchev–Trinajstić information content (AvgIpc) is 2.66. The Hall–Kier alpha value is -3.00. The fraction of sp³-hybridized carbons (Fsp3) is 0.300. The minimum Gasteiger partial charge on any atom is -0.497 e. The van der Waals surface area contributed by atoms with Gasteiger partial charge < -0.3 is 14.8 Å². The van der Waals surface area contributed by atoms with E-state index < -0.39 is 5.92 Å². The molecule has 0 aliphatic carbocycles. The van der Waals surface area contributed by atoms with Gasteiger partial charge in [-0.3, -0.25) is 4.79 Å². The van der Waals surface area contributed by atoms with E-state index in [1.165, 1.54) is 0 Å². The summed E-state index contributed by atoms with van der Waals surface area (Å²) in [5.41, 5.74) is 2.57. The molecule has 0 radical (unpaired) electrons. The number of ether oxygens (including phenoxy) is 2. The van der Waals surface area contributed by atoms with Crippen molar-refractivity contribution in [2.24, 2.45) is 5.92 Å². The molecule has 0 bridgehead atoms. The van der Waals surface area contributed by atoms with Crippen molar-refractivity contribution in [3.8, 4) is 17.6 Å². The number of rotatable bonds is 7. The summed E-state index contributed by atoms with van der Waals surface area (Å²) in [6.07, 6.45) is 1.07. The number of hydrogen-bond acceptors (Lipinski definition) is 4. The Labute approximate surface area is 148 Å². The van der Waals surface area contributed by atoms with Crippen LogP contribution in [0.4, 0.5) is 5.69 Å². The molecule has 0 heterocycles. The van der Waals surface area contributed by atoms with Gasteiger partial charge >= 0.3 is 0 Å². The smallest absolute Gasteiger partial charge is 0.242 e. The number of hydrogen-bond donors (Lipinski definition) is 1. The standard InChI is InChI=1S/C20H22N2O3/c1-4-14-7-5-6-8-18(14)22-20(23)16(13-21)11-15-9-10-17(24-2)12-19(15)25-3/h5-10,12,16H,4,11H2,1-3H3,(H,22,23)/t16-/m1/s1. The largest absolute Gasteiger partial charge is 0.497 e. The maximum Gasteiger partial charge on any atom is 0.242 e. The molecule has 1 amide bonds. The number of benzene rings is 2. The highest BCUT2D eigenvalue weighted by Gasteiger charge is 2.21. The Morgan fingerprint density at radius 1 is 1.16 bits per heavy atom. The number of methoxy groups -OCH3 is 2. The van der Waals surface area contributed by atoms with E-state index in [9.17, 15) is 10.1 Å². The summed E-state index contributed by atoms with van der Waals surface area (Å²) < 4.78 is 10.5. The molecule has 1 N–H and O–H groups in total. The van der Waals surface area contributed by atoms with E-state index >= 15 is 0 Å². The second-order valence-corrected chi connectivity index (χ2v) is 5.56. The average molecular weight is 338 g/mol. The van der Waals surface area contributed by atoms with Gasteiger partial charge in [-0.05, 0) is 29.7 Å². The molecule has 2 aromatic carbocycles. The van der Waals surface area contributed by atoms with Crippen molar-refractivity contribution in [1.29, 1.82) is 5.26 Å².